The van der Waals surface area contributed by atoms with Gasteiger partial charge in [-0.1, -0.05) is 24.4 Å². The van der Waals surface area contributed by atoms with E-state index in [1.54, 1.807) is 18.5 Å². The molecule has 4 rings (SSSR count). The van der Waals surface area contributed by atoms with E-state index < -0.39 is 0 Å². The molecule has 0 bridgehead atoms. The lowest BCUT2D eigenvalue weighted by atomic mass is 9.87. The molecule has 1 aliphatic heterocycles. The minimum atomic E-state index is 0.369. The average Bonchev–Trinajstić information content (AvgIpc) is 3.02. The third kappa shape index (κ3) is 2.88. The van der Waals surface area contributed by atoms with E-state index in [4.69, 9.17) is 4.52 Å². The molecule has 0 unspecified atom stereocenters. The maximum absolute atomic E-state index is 5.39. The van der Waals surface area contributed by atoms with Crippen molar-refractivity contribution >= 4 is 0 Å². The predicted molar refractivity (Wildman–Crippen MR) is 81.1 cm³/mol. The Morgan fingerprint density at radius 1 is 1.05 bits per heavy atom. The normalized spacial score (nSPS) is 20.9. The van der Waals surface area contributed by atoms with Gasteiger partial charge in [0.25, 0.3) is 0 Å². The smallest absolute Gasteiger partial charge is 0.240 e. The van der Waals surface area contributed by atoms with Gasteiger partial charge in [-0.3, -0.25) is 0 Å². The summed E-state index contributed by atoms with van der Waals surface area (Å²) in [5.41, 5.74) is 0. The third-order valence-electron chi connectivity index (χ3n) is 4.76. The third-order valence-corrected chi connectivity index (χ3v) is 4.76. The van der Waals surface area contributed by atoms with E-state index in [1.165, 1.54) is 38.6 Å². The van der Waals surface area contributed by atoms with E-state index in [2.05, 4.69) is 25.0 Å². The first-order valence-electron chi connectivity index (χ1n) is 8.22. The molecule has 0 amide bonds. The molecule has 3 heterocycles. The first-order valence-corrected chi connectivity index (χ1v) is 8.22. The fourth-order valence-corrected chi connectivity index (χ4v) is 3.52. The Balaban J connectivity index is 1.32. The largest absolute Gasteiger partial charge is 0.338 e. The highest BCUT2D eigenvalue weighted by molar-refractivity contribution is 5.40. The highest BCUT2D eigenvalue weighted by Crippen LogP contribution is 2.31. The van der Waals surface area contributed by atoms with E-state index in [0.717, 1.165) is 24.9 Å². The Morgan fingerprint density at radius 2 is 1.82 bits per heavy atom. The van der Waals surface area contributed by atoms with Crippen LogP contribution in [0.3, 0.4) is 0 Å². The average molecular weight is 299 g/mol. The summed E-state index contributed by atoms with van der Waals surface area (Å²) in [4.78, 5) is 15.3. The van der Waals surface area contributed by atoms with Gasteiger partial charge in [0.2, 0.25) is 17.5 Å². The Labute approximate surface area is 130 Å². The van der Waals surface area contributed by atoms with Gasteiger partial charge in [-0.2, -0.15) is 4.98 Å². The van der Waals surface area contributed by atoms with Crippen LogP contribution in [0.25, 0.3) is 11.6 Å². The highest BCUT2D eigenvalue weighted by atomic mass is 16.5. The Kier molecular flexibility index (Phi) is 3.84. The quantitative estimate of drug-likeness (QED) is 0.864. The van der Waals surface area contributed by atoms with Gasteiger partial charge in [0.05, 0.1) is 5.92 Å². The first-order chi connectivity index (χ1) is 10.9. The van der Waals surface area contributed by atoms with Crippen LogP contribution in [0.5, 0.6) is 0 Å². The van der Waals surface area contributed by atoms with Crippen molar-refractivity contribution in [2.75, 3.05) is 19.6 Å². The fraction of sp³-hybridized carbons (Fsp3) is 0.625. The molecule has 0 N–H and O–H groups in total. The van der Waals surface area contributed by atoms with Crippen LogP contribution < -0.4 is 0 Å². The van der Waals surface area contributed by atoms with Crippen LogP contribution in [0, 0.1) is 5.92 Å². The molecule has 1 aliphatic carbocycles. The van der Waals surface area contributed by atoms with Crippen LogP contribution in [-0.2, 0) is 0 Å². The minimum Gasteiger partial charge on any atom is -0.338 e. The molecule has 0 atom stereocenters. The molecule has 0 aromatic carbocycles. The van der Waals surface area contributed by atoms with Gasteiger partial charge in [0, 0.05) is 32.0 Å². The molecule has 1 saturated heterocycles. The fourth-order valence-electron chi connectivity index (χ4n) is 3.52. The zero-order chi connectivity index (χ0) is 14.8. The first kappa shape index (κ1) is 13.8. The van der Waals surface area contributed by atoms with Crippen molar-refractivity contribution < 1.29 is 4.52 Å². The lowest BCUT2D eigenvalue weighted by molar-refractivity contribution is 0.0948. The summed E-state index contributed by atoms with van der Waals surface area (Å²) < 4.78 is 5.39. The monoisotopic (exact) mass is 299 g/mol. The molecule has 1 saturated carbocycles. The van der Waals surface area contributed by atoms with Crippen molar-refractivity contribution in [1.29, 1.82) is 0 Å². The van der Waals surface area contributed by atoms with Gasteiger partial charge in [-0.25, -0.2) is 9.97 Å². The second-order valence-corrected chi connectivity index (χ2v) is 6.45. The molecule has 2 aromatic rings. The van der Waals surface area contributed by atoms with Crippen LogP contribution in [0.4, 0.5) is 0 Å². The van der Waals surface area contributed by atoms with Gasteiger partial charge in [0.1, 0.15) is 0 Å². The maximum Gasteiger partial charge on any atom is 0.240 e. The highest BCUT2D eigenvalue weighted by Gasteiger charge is 2.34. The predicted octanol–water partition coefficient (Wildman–Crippen LogP) is 2.51. The number of likely N-dealkylation sites (tertiary alicyclic amines) is 1. The molecule has 2 aromatic heterocycles. The molecule has 116 valence electrons. The summed E-state index contributed by atoms with van der Waals surface area (Å²) in [6.07, 6.45) is 10.4. The van der Waals surface area contributed by atoms with Gasteiger partial charge in [-0.05, 0) is 24.8 Å². The molecule has 2 fully saturated rings. The van der Waals surface area contributed by atoms with E-state index in [9.17, 15) is 0 Å². The van der Waals surface area contributed by atoms with Crippen molar-refractivity contribution in [2.24, 2.45) is 5.92 Å². The summed E-state index contributed by atoms with van der Waals surface area (Å²) in [5, 5.41) is 4.00. The lowest BCUT2D eigenvalue weighted by Gasteiger charge is -2.40. The number of hydrogen-bond acceptors (Lipinski definition) is 6. The number of nitrogens with zero attached hydrogens (tertiary/aromatic N) is 5. The number of hydrogen-bond donors (Lipinski definition) is 0. The SMILES string of the molecule is c1cnc(-c2noc(C3CN(CC4CCCCC4)C3)n2)nc1. The van der Waals surface area contributed by atoms with Crippen molar-refractivity contribution in [3.05, 3.63) is 24.4 Å². The standard InChI is InChI=1S/C16H21N5O/c1-2-5-12(6-3-1)9-21-10-13(11-21)16-19-15(20-22-16)14-17-7-4-8-18-14/h4,7-8,12-13H,1-3,5-6,9-11H2. The topological polar surface area (TPSA) is 67.9 Å². The van der Waals surface area contributed by atoms with Crippen LogP contribution >= 0.6 is 0 Å². The zero-order valence-corrected chi connectivity index (χ0v) is 12.7. The van der Waals surface area contributed by atoms with Gasteiger partial charge in [-0.15, -0.1) is 0 Å². The Morgan fingerprint density at radius 3 is 2.59 bits per heavy atom. The lowest BCUT2D eigenvalue weighted by Crippen LogP contribution is -2.47. The summed E-state index contributed by atoms with van der Waals surface area (Å²) in [7, 11) is 0. The molecular weight excluding hydrogens is 278 g/mol. The van der Waals surface area contributed by atoms with Crippen LogP contribution in [-0.4, -0.2) is 44.6 Å². The van der Waals surface area contributed by atoms with E-state index in [0.29, 0.717) is 17.6 Å². The summed E-state index contributed by atoms with van der Waals surface area (Å²) >= 11 is 0. The Hall–Kier alpha value is -1.82. The second kappa shape index (κ2) is 6.12. The molecule has 0 radical (unpaired) electrons. The zero-order valence-electron chi connectivity index (χ0n) is 12.7. The second-order valence-electron chi connectivity index (χ2n) is 6.45. The number of aromatic nitrogens is 4. The number of rotatable bonds is 4. The molecule has 6 nitrogen and oxygen atoms in total. The molecule has 2 aliphatic rings. The van der Waals surface area contributed by atoms with Crippen LogP contribution in [0.1, 0.15) is 43.9 Å². The Bertz CT molecular complexity index is 602. The molecule has 6 heteroatoms. The van der Waals surface area contributed by atoms with Gasteiger partial charge in [0.15, 0.2) is 0 Å². The molecule has 22 heavy (non-hydrogen) atoms. The van der Waals surface area contributed by atoms with Crippen molar-refractivity contribution in [3.63, 3.8) is 0 Å². The summed E-state index contributed by atoms with van der Waals surface area (Å²) in [6.45, 7) is 3.31. The van der Waals surface area contributed by atoms with Crippen LogP contribution in [0.2, 0.25) is 0 Å². The van der Waals surface area contributed by atoms with E-state index in [-0.39, 0.29) is 0 Å². The minimum absolute atomic E-state index is 0.369. The summed E-state index contributed by atoms with van der Waals surface area (Å²) in [6, 6.07) is 1.78. The van der Waals surface area contributed by atoms with Crippen molar-refractivity contribution in [2.45, 2.75) is 38.0 Å². The van der Waals surface area contributed by atoms with Crippen molar-refractivity contribution in [3.8, 4) is 11.6 Å². The van der Waals surface area contributed by atoms with E-state index >= 15 is 0 Å². The summed E-state index contributed by atoms with van der Waals surface area (Å²) in [5.74, 6) is 3.00. The van der Waals surface area contributed by atoms with Crippen molar-refractivity contribution in [1.82, 2.24) is 25.0 Å². The molecule has 0 spiro atoms. The van der Waals surface area contributed by atoms with Gasteiger partial charge >= 0.3 is 0 Å². The van der Waals surface area contributed by atoms with Gasteiger partial charge < -0.3 is 9.42 Å². The maximum atomic E-state index is 5.39. The molecular formula is C16H21N5O. The van der Waals surface area contributed by atoms with E-state index in [1.807, 2.05) is 0 Å². The van der Waals surface area contributed by atoms with Crippen LogP contribution in [0.15, 0.2) is 23.0 Å².